The number of nitrogens with one attached hydrogen (secondary N) is 3. The maximum absolute atomic E-state index is 11.7. The van der Waals surface area contributed by atoms with E-state index < -0.39 is 5.56 Å². The summed E-state index contributed by atoms with van der Waals surface area (Å²) in [5, 5.41) is 10.1. The van der Waals surface area contributed by atoms with Crippen molar-refractivity contribution in [2.75, 3.05) is 31.7 Å². The first-order chi connectivity index (χ1) is 8.70. The second-order valence-electron chi connectivity index (χ2n) is 3.71. The molecule has 0 radical (unpaired) electrons. The molecule has 2 rings (SSSR count). The van der Waals surface area contributed by atoms with Gasteiger partial charge in [0, 0.05) is 12.8 Å². The molecule has 18 heavy (non-hydrogen) atoms. The molecule has 1 unspecified atom stereocenters. The van der Waals surface area contributed by atoms with Crippen molar-refractivity contribution in [1.82, 2.24) is 9.97 Å². The molecule has 0 aliphatic carbocycles. The molecule has 8 heteroatoms. The molecule has 3 N–H and O–H groups in total. The first-order valence-electron chi connectivity index (χ1n) is 5.44. The monoisotopic (exact) mass is 272 g/mol. The molecule has 7 nitrogen and oxygen atoms in total. The Hall–Kier alpha value is -1.44. The molecular formula is C10H13ClN4O3. The number of aromatic nitrogens is 2. The summed E-state index contributed by atoms with van der Waals surface area (Å²) >= 11 is 5.61. The van der Waals surface area contributed by atoms with E-state index in [0.29, 0.717) is 26.4 Å². The fourth-order valence-electron chi connectivity index (χ4n) is 1.61. The Morgan fingerprint density at radius 1 is 1.61 bits per heavy atom. The SMILES string of the molecule is N=Cc1nc(Cl)[nH]c(=O)c1NCC1COCCO1. The van der Waals surface area contributed by atoms with Crippen molar-refractivity contribution in [1.29, 1.82) is 5.41 Å². The van der Waals surface area contributed by atoms with Crippen LogP contribution in [0, 0.1) is 5.41 Å². The fraction of sp³-hybridized carbons (Fsp3) is 0.500. The zero-order chi connectivity index (χ0) is 13.0. The van der Waals surface area contributed by atoms with E-state index in [9.17, 15) is 4.79 Å². The summed E-state index contributed by atoms with van der Waals surface area (Å²) in [6, 6.07) is 0. The molecular weight excluding hydrogens is 260 g/mol. The van der Waals surface area contributed by atoms with Gasteiger partial charge < -0.3 is 20.2 Å². The standard InChI is InChI=1S/C10H13ClN4O3/c11-10-14-7(3-12)8(9(16)15-10)13-4-6-5-17-1-2-18-6/h3,6,12-13H,1-2,4-5H2,(H,14,15,16). The van der Waals surface area contributed by atoms with Crippen LogP contribution in [0.4, 0.5) is 5.69 Å². The lowest BCUT2D eigenvalue weighted by Gasteiger charge is -2.23. The topological polar surface area (TPSA) is 100 Å². The molecule has 1 aliphatic rings. The van der Waals surface area contributed by atoms with E-state index in [4.69, 9.17) is 26.5 Å². The molecule has 2 heterocycles. The van der Waals surface area contributed by atoms with Gasteiger partial charge in [0.1, 0.15) is 11.4 Å². The van der Waals surface area contributed by atoms with Crippen LogP contribution in [0.5, 0.6) is 0 Å². The van der Waals surface area contributed by atoms with E-state index in [1.165, 1.54) is 0 Å². The van der Waals surface area contributed by atoms with E-state index in [-0.39, 0.29) is 22.8 Å². The fourth-order valence-corrected chi connectivity index (χ4v) is 1.78. The van der Waals surface area contributed by atoms with Gasteiger partial charge in [0.25, 0.3) is 5.56 Å². The molecule has 1 aromatic rings. The number of hydrogen-bond donors (Lipinski definition) is 3. The predicted octanol–water partition coefficient (Wildman–Crippen LogP) is 0.248. The molecule has 98 valence electrons. The summed E-state index contributed by atoms with van der Waals surface area (Å²) in [7, 11) is 0. The van der Waals surface area contributed by atoms with Crippen molar-refractivity contribution in [2.24, 2.45) is 0 Å². The van der Waals surface area contributed by atoms with Crippen LogP contribution in [0.15, 0.2) is 4.79 Å². The number of aromatic amines is 1. The lowest BCUT2D eigenvalue weighted by molar-refractivity contribution is -0.0818. The quantitative estimate of drug-likeness (QED) is 0.539. The maximum atomic E-state index is 11.7. The van der Waals surface area contributed by atoms with Crippen LogP contribution in [-0.2, 0) is 9.47 Å². The Balaban J connectivity index is 2.08. The Kier molecular flexibility index (Phi) is 4.29. The lowest BCUT2D eigenvalue weighted by Crippen LogP contribution is -2.35. The van der Waals surface area contributed by atoms with Gasteiger partial charge in [0.05, 0.1) is 25.9 Å². The molecule has 0 bridgehead atoms. The third kappa shape index (κ3) is 3.06. The second-order valence-corrected chi connectivity index (χ2v) is 4.07. The van der Waals surface area contributed by atoms with Crippen LogP contribution in [0.1, 0.15) is 5.69 Å². The van der Waals surface area contributed by atoms with Gasteiger partial charge in [-0.25, -0.2) is 4.98 Å². The zero-order valence-corrected chi connectivity index (χ0v) is 10.3. The Morgan fingerprint density at radius 2 is 2.44 bits per heavy atom. The van der Waals surface area contributed by atoms with Gasteiger partial charge >= 0.3 is 0 Å². The van der Waals surface area contributed by atoms with E-state index in [2.05, 4.69) is 15.3 Å². The van der Waals surface area contributed by atoms with Gasteiger partial charge in [-0.15, -0.1) is 0 Å². The van der Waals surface area contributed by atoms with Crippen molar-refractivity contribution in [3.63, 3.8) is 0 Å². The molecule has 1 saturated heterocycles. The highest BCUT2D eigenvalue weighted by atomic mass is 35.5. The minimum Gasteiger partial charge on any atom is -0.376 e. The van der Waals surface area contributed by atoms with Gasteiger partial charge in [0.2, 0.25) is 5.28 Å². The number of ether oxygens (including phenoxy) is 2. The van der Waals surface area contributed by atoms with Gasteiger partial charge in [-0.2, -0.15) is 0 Å². The molecule has 0 amide bonds. The van der Waals surface area contributed by atoms with E-state index in [0.717, 1.165) is 6.21 Å². The smallest absolute Gasteiger partial charge is 0.275 e. The normalized spacial score (nSPS) is 19.5. The lowest BCUT2D eigenvalue weighted by atomic mass is 10.3. The first kappa shape index (κ1) is 13.0. The van der Waals surface area contributed by atoms with Crippen LogP contribution in [0.25, 0.3) is 0 Å². The molecule has 1 atom stereocenters. The molecule has 1 aromatic heterocycles. The summed E-state index contributed by atoms with van der Waals surface area (Å²) in [6.07, 6.45) is 0.856. The highest BCUT2D eigenvalue weighted by molar-refractivity contribution is 6.28. The van der Waals surface area contributed by atoms with Crippen LogP contribution < -0.4 is 10.9 Å². The molecule has 0 spiro atoms. The van der Waals surface area contributed by atoms with E-state index >= 15 is 0 Å². The van der Waals surface area contributed by atoms with Gasteiger partial charge in [-0.05, 0) is 11.6 Å². The van der Waals surface area contributed by atoms with Gasteiger partial charge in [-0.3, -0.25) is 9.78 Å². The van der Waals surface area contributed by atoms with Crippen LogP contribution in [-0.4, -0.2) is 48.7 Å². The summed E-state index contributed by atoms with van der Waals surface area (Å²) < 4.78 is 10.7. The van der Waals surface area contributed by atoms with E-state index in [1.807, 2.05) is 0 Å². The summed E-state index contributed by atoms with van der Waals surface area (Å²) in [5.41, 5.74) is -0.00530. The number of H-pyrrole nitrogens is 1. The number of anilines is 1. The first-order valence-corrected chi connectivity index (χ1v) is 5.82. The van der Waals surface area contributed by atoms with Crippen molar-refractivity contribution in [2.45, 2.75) is 6.10 Å². The Bertz CT molecular complexity index is 485. The van der Waals surface area contributed by atoms with E-state index in [1.54, 1.807) is 0 Å². The summed E-state index contributed by atoms with van der Waals surface area (Å²) in [6.45, 7) is 2.02. The zero-order valence-electron chi connectivity index (χ0n) is 9.53. The third-order valence-corrected chi connectivity index (χ3v) is 2.63. The molecule has 1 aliphatic heterocycles. The highest BCUT2D eigenvalue weighted by Crippen LogP contribution is 2.08. The minimum absolute atomic E-state index is 0.0405. The second kappa shape index (κ2) is 5.94. The molecule has 0 aromatic carbocycles. The minimum atomic E-state index is -0.412. The Labute approximate surface area is 108 Å². The summed E-state index contributed by atoms with van der Waals surface area (Å²) in [4.78, 5) is 17.9. The van der Waals surface area contributed by atoms with Gasteiger partial charge in [0.15, 0.2) is 0 Å². The largest absolute Gasteiger partial charge is 0.376 e. The third-order valence-electron chi connectivity index (χ3n) is 2.45. The van der Waals surface area contributed by atoms with Crippen molar-refractivity contribution in [3.8, 4) is 0 Å². The average molecular weight is 273 g/mol. The van der Waals surface area contributed by atoms with Crippen LogP contribution >= 0.6 is 11.6 Å². The Morgan fingerprint density at radius 3 is 3.11 bits per heavy atom. The van der Waals surface area contributed by atoms with Crippen molar-refractivity contribution >= 4 is 23.5 Å². The van der Waals surface area contributed by atoms with Crippen molar-refractivity contribution < 1.29 is 9.47 Å². The van der Waals surface area contributed by atoms with Gasteiger partial charge in [-0.1, -0.05) is 0 Å². The van der Waals surface area contributed by atoms with Crippen LogP contribution in [0.2, 0.25) is 5.28 Å². The highest BCUT2D eigenvalue weighted by Gasteiger charge is 2.16. The number of rotatable bonds is 4. The van der Waals surface area contributed by atoms with Crippen molar-refractivity contribution in [3.05, 3.63) is 21.3 Å². The summed E-state index contributed by atoms with van der Waals surface area (Å²) in [5.74, 6) is 0. The number of halogens is 1. The number of hydrogen-bond acceptors (Lipinski definition) is 6. The molecule has 1 fully saturated rings. The molecule has 0 saturated carbocycles. The average Bonchev–Trinajstić information content (AvgIpc) is 2.38. The van der Waals surface area contributed by atoms with Crippen LogP contribution in [0.3, 0.4) is 0 Å². The maximum Gasteiger partial charge on any atom is 0.275 e. The number of nitrogens with zero attached hydrogens (tertiary/aromatic N) is 1. The predicted molar refractivity (Wildman–Crippen MR) is 66.8 cm³/mol.